The topological polar surface area (TPSA) is 51.2 Å². The number of ether oxygens (including phenoxy) is 3. The Morgan fingerprint density at radius 1 is 0.519 bits per heavy atom. The molecule has 1 fully saturated rings. The van der Waals surface area contributed by atoms with Gasteiger partial charge >= 0.3 is 5.97 Å². The van der Waals surface area contributed by atoms with E-state index in [4.69, 9.17) is 14.2 Å². The number of allylic oxidation sites excluding steroid dienone is 4. The molecule has 1 unspecified atom stereocenters. The van der Waals surface area contributed by atoms with Gasteiger partial charge < -0.3 is 24.0 Å². The van der Waals surface area contributed by atoms with Gasteiger partial charge in [0.15, 0.2) is 0 Å². The molecule has 0 aliphatic carbocycles. The second kappa shape index (κ2) is 41.4. The third-order valence-corrected chi connectivity index (χ3v) is 11.0. The Morgan fingerprint density at radius 3 is 1.43 bits per heavy atom. The van der Waals surface area contributed by atoms with E-state index in [1.807, 2.05) is 0 Å². The van der Waals surface area contributed by atoms with Crippen LogP contribution in [0.2, 0.25) is 0 Å². The van der Waals surface area contributed by atoms with Gasteiger partial charge in [0.05, 0.1) is 6.61 Å². The van der Waals surface area contributed by atoms with Crippen molar-refractivity contribution in [2.24, 2.45) is 0 Å². The Bertz CT molecular complexity index is 826. The molecule has 0 N–H and O–H groups in total. The zero-order chi connectivity index (χ0) is 38.8. The monoisotopic (exact) mass is 761 g/mol. The highest BCUT2D eigenvalue weighted by Crippen LogP contribution is 2.13. The fraction of sp³-hybridized carbons (Fsp3) is 0.896. The quantitative estimate of drug-likeness (QED) is 0.0351. The van der Waals surface area contributed by atoms with E-state index in [1.165, 1.54) is 167 Å². The van der Waals surface area contributed by atoms with Gasteiger partial charge in [-0.25, -0.2) is 0 Å². The minimum Gasteiger partial charge on any atom is -0.463 e. The summed E-state index contributed by atoms with van der Waals surface area (Å²) >= 11 is 0. The van der Waals surface area contributed by atoms with Gasteiger partial charge in [0.25, 0.3) is 0 Å². The number of hydrogen-bond donors (Lipinski definition) is 0. The first-order valence-corrected chi connectivity index (χ1v) is 23.7. The molecule has 0 radical (unpaired) electrons. The Balaban J connectivity index is 2.14. The number of nitrogens with zero attached hydrogens (tertiary/aromatic N) is 2. The van der Waals surface area contributed by atoms with E-state index >= 15 is 0 Å². The van der Waals surface area contributed by atoms with Crippen molar-refractivity contribution in [2.45, 2.75) is 213 Å². The number of likely N-dealkylation sites (N-methyl/N-ethyl adjacent to an activating group) is 1. The first-order valence-electron chi connectivity index (χ1n) is 23.7. The maximum absolute atomic E-state index is 12.6. The van der Waals surface area contributed by atoms with E-state index in [9.17, 15) is 4.79 Å². The molecule has 54 heavy (non-hydrogen) atoms. The summed E-state index contributed by atoms with van der Waals surface area (Å²) in [5.41, 5.74) is 0. The van der Waals surface area contributed by atoms with Gasteiger partial charge in [0.1, 0.15) is 12.7 Å². The lowest BCUT2D eigenvalue weighted by atomic mass is 10.1. The maximum Gasteiger partial charge on any atom is 0.305 e. The number of carbonyl (C=O) groups excluding carboxylic acids is 1. The second-order valence-electron chi connectivity index (χ2n) is 16.4. The van der Waals surface area contributed by atoms with Crippen LogP contribution in [-0.4, -0.2) is 88.1 Å². The zero-order valence-electron chi connectivity index (χ0n) is 36.5. The van der Waals surface area contributed by atoms with Crippen molar-refractivity contribution < 1.29 is 19.0 Å². The summed E-state index contributed by atoms with van der Waals surface area (Å²) in [6.07, 6.45) is 47.4. The summed E-state index contributed by atoms with van der Waals surface area (Å²) in [6, 6.07) is 0. The molecule has 6 nitrogen and oxygen atoms in total. The van der Waals surface area contributed by atoms with Crippen LogP contribution in [0.4, 0.5) is 0 Å². The molecule has 0 aromatic heterocycles. The molecule has 1 aliphatic heterocycles. The van der Waals surface area contributed by atoms with Crippen LogP contribution in [0.25, 0.3) is 0 Å². The summed E-state index contributed by atoms with van der Waals surface area (Å²) in [5.74, 6) is -0.108. The lowest BCUT2D eigenvalue weighted by Crippen LogP contribution is -2.44. The van der Waals surface area contributed by atoms with E-state index in [0.29, 0.717) is 26.2 Å². The molecule has 0 aromatic rings. The fourth-order valence-electron chi connectivity index (χ4n) is 7.19. The van der Waals surface area contributed by atoms with Crippen molar-refractivity contribution in [1.82, 2.24) is 9.80 Å². The number of esters is 1. The van der Waals surface area contributed by atoms with Gasteiger partial charge in [0.2, 0.25) is 0 Å². The van der Waals surface area contributed by atoms with Crippen LogP contribution in [0.15, 0.2) is 24.3 Å². The molecule has 1 saturated heterocycles. The second-order valence-corrected chi connectivity index (χ2v) is 16.4. The number of rotatable bonds is 41. The van der Waals surface area contributed by atoms with Crippen molar-refractivity contribution in [3.05, 3.63) is 24.3 Å². The standard InChI is InChI=1S/C48H92N2O4/c1-4-6-8-10-12-14-16-18-20-22-24-26-28-30-32-34-43-52-45-47(46-54-48(51)37-36-38-50-41-39-49(3)40-42-50)53-44-35-33-31-29-27-25-23-21-19-17-15-13-11-9-7-5-2/h18-21,47H,4-17,22-46H2,1-3H3/b20-18-,21-19-. The summed E-state index contributed by atoms with van der Waals surface area (Å²) in [4.78, 5) is 17.4. The molecular weight excluding hydrogens is 669 g/mol. The summed E-state index contributed by atoms with van der Waals surface area (Å²) in [6.45, 7) is 12.2. The van der Waals surface area contributed by atoms with Crippen LogP contribution in [0.5, 0.6) is 0 Å². The van der Waals surface area contributed by atoms with Gasteiger partial charge in [-0.3, -0.25) is 4.79 Å². The number of piperazine rings is 1. The van der Waals surface area contributed by atoms with Gasteiger partial charge in [-0.1, -0.05) is 154 Å². The Hall–Kier alpha value is -1.21. The van der Waals surface area contributed by atoms with E-state index < -0.39 is 0 Å². The van der Waals surface area contributed by atoms with Crippen LogP contribution < -0.4 is 0 Å². The molecular formula is C48H92N2O4. The third-order valence-electron chi connectivity index (χ3n) is 11.0. The van der Waals surface area contributed by atoms with Gasteiger partial charge in [0, 0.05) is 45.8 Å². The van der Waals surface area contributed by atoms with Gasteiger partial charge in [-0.05, 0) is 84.2 Å². The smallest absolute Gasteiger partial charge is 0.305 e. The Kier molecular flexibility index (Phi) is 39.0. The first kappa shape index (κ1) is 50.8. The number of unbranched alkanes of at least 4 members (excludes halogenated alkanes) is 24. The van der Waals surface area contributed by atoms with E-state index in [2.05, 4.69) is 55.0 Å². The predicted octanol–water partition coefficient (Wildman–Crippen LogP) is 13.0. The molecule has 1 heterocycles. The van der Waals surface area contributed by atoms with Crippen LogP contribution in [-0.2, 0) is 19.0 Å². The highest BCUT2D eigenvalue weighted by atomic mass is 16.6. The summed E-state index contributed by atoms with van der Waals surface area (Å²) in [5, 5.41) is 0. The van der Waals surface area contributed by atoms with Crippen LogP contribution in [0, 0.1) is 0 Å². The van der Waals surface area contributed by atoms with Crippen LogP contribution in [0.3, 0.4) is 0 Å². The normalized spacial score (nSPS) is 14.9. The van der Waals surface area contributed by atoms with Crippen molar-refractivity contribution in [3.8, 4) is 0 Å². The van der Waals surface area contributed by atoms with Crippen molar-refractivity contribution in [2.75, 3.05) is 66.2 Å². The van der Waals surface area contributed by atoms with Crippen molar-refractivity contribution >= 4 is 5.97 Å². The lowest BCUT2D eigenvalue weighted by molar-refractivity contribution is -0.150. The molecule has 0 spiro atoms. The average Bonchev–Trinajstić information content (AvgIpc) is 3.18. The summed E-state index contributed by atoms with van der Waals surface area (Å²) < 4.78 is 18.0. The molecule has 0 saturated carbocycles. The Morgan fingerprint density at radius 2 is 0.944 bits per heavy atom. The minimum absolute atomic E-state index is 0.108. The van der Waals surface area contributed by atoms with Crippen molar-refractivity contribution in [1.29, 1.82) is 0 Å². The lowest BCUT2D eigenvalue weighted by Gasteiger charge is -2.32. The predicted molar refractivity (Wildman–Crippen MR) is 234 cm³/mol. The van der Waals surface area contributed by atoms with E-state index in [0.717, 1.165) is 58.6 Å². The van der Waals surface area contributed by atoms with Gasteiger partial charge in [-0.2, -0.15) is 0 Å². The first-order chi connectivity index (χ1) is 26.7. The molecule has 1 atom stereocenters. The minimum atomic E-state index is -0.177. The molecule has 1 aliphatic rings. The molecule has 318 valence electrons. The van der Waals surface area contributed by atoms with Crippen LogP contribution in [0.1, 0.15) is 206 Å². The van der Waals surface area contributed by atoms with Gasteiger partial charge in [-0.15, -0.1) is 0 Å². The zero-order valence-corrected chi connectivity index (χ0v) is 36.5. The molecule has 1 rings (SSSR count). The van der Waals surface area contributed by atoms with Crippen molar-refractivity contribution in [3.63, 3.8) is 0 Å². The fourth-order valence-corrected chi connectivity index (χ4v) is 7.19. The highest BCUT2D eigenvalue weighted by Gasteiger charge is 2.16. The average molecular weight is 761 g/mol. The molecule has 0 bridgehead atoms. The molecule has 0 amide bonds. The SMILES string of the molecule is CCCCCCCC/C=C\CCCCCCCCOCC(COC(=O)CCCN1CCN(C)CC1)OCCCCCCCC/C=C\CCCCCCCC. The Labute approximate surface area is 337 Å². The molecule has 6 heteroatoms. The van der Waals surface area contributed by atoms with E-state index in [1.54, 1.807) is 0 Å². The number of carbonyl (C=O) groups is 1. The highest BCUT2D eigenvalue weighted by molar-refractivity contribution is 5.69. The maximum atomic E-state index is 12.6. The summed E-state index contributed by atoms with van der Waals surface area (Å²) in [7, 11) is 2.18. The van der Waals surface area contributed by atoms with Crippen LogP contribution >= 0.6 is 0 Å². The molecule has 0 aromatic carbocycles. The number of hydrogen-bond acceptors (Lipinski definition) is 6. The third kappa shape index (κ3) is 36.4. The van der Waals surface area contributed by atoms with E-state index in [-0.39, 0.29) is 12.1 Å². The largest absolute Gasteiger partial charge is 0.463 e.